The van der Waals surface area contributed by atoms with Crippen molar-refractivity contribution in [3.05, 3.63) is 109 Å². The molecular formula is C42H43IrN2O2-. The van der Waals surface area contributed by atoms with E-state index in [0.29, 0.717) is 0 Å². The molecule has 0 spiro atoms. The monoisotopic (exact) mass is 800 g/mol. The molecule has 243 valence electrons. The summed E-state index contributed by atoms with van der Waals surface area (Å²) in [5, 5.41) is 17.6. The van der Waals surface area contributed by atoms with Crippen LogP contribution in [0.1, 0.15) is 67.2 Å². The smallest absolute Gasteiger partial charge is 0.164 e. The summed E-state index contributed by atoms with van der Waals surface area (Å²) in [5.41, 5.74) is 5.17. The first kappa shape index (κ1) is 34.3. The average Bonchev–Trinajstić information content (AvgIpc) is 3.63. The van der Waals surface area contributed by atoms with Crippen LogP contribution >= 0.6 is 0 Å². The van der Waals surface area contributed by atoms with Gasteiger partial charge in [-0.25, -0.2) is 0 Å². The number of aliphatic hydroxyl groups is 1. The molecule has 4 nitrogen and oxygen atoms in total. The third-order valence-electron chi connectivity index (χ3n) is 10.7. The van der Waals surface area contributed by atoms with Gasteiger partial charge in [-0.3, -0.25) is 4.79 Å². The largest absolute Gasteiger partial charge is 0.512 e. The van der Waals surface area contributed by atoms with Crippen LogP contribution in [0.25, 0.3) is 60.1 Å². The first-order chi connectivity index (χ1) is 22.2. The molecule has 0 saturated carbocycles. The second-order valence-corrected chi connectivity index (χ2v) is 13.0. The molecule has 0 atom stereocenters. The molecule has 47 heavy (non-hydrogen) atoms. The third-order valence-corrected chi connectivity index (χ3v) is 10.7. The number of fused-ring (bicyclic) bond motifs is 7. The van der Waals surface area contributed by atoms with Gasteiger partial charge in [-0.05, 0) is 59.1 Å². The van der Waals surface area contributed by atoms with Crippen molar-refractivity contribution in [3.63, 3.8) is 0 Å². The summed E-state index contributed by atoms with van der Waals surface area (Å²) in [6, 6.07) is 33.5. The van der Waals surface area contributed by atoms with Gasteiger partial charge in [0, 0.05) is 54.0 Å². The SMILES string of the molecule is CCC(C)(CC)C(=O)/C=C(\O)C(C)(CC)CC.[Ir].[c-]1ccc2c(c1-c1cc3ccccc3cn1)c1cccc3c4ccccc4n2c31. The maximum Gasteiger partial charge on any atom is 0.164 e. The summed E-state index contributed by atoms with van der Waals surface area (Å²) in [5.74, 6) is 0.286. The number of para-hydroxylation sites is 2. The minimum Gasteiger partial charge on any atom is -0.512 e. The van der Waals surface area contributed by atoms with E-state index in [0.717, 1.165) is 42.3 Å². The van der Waals surface area contributed by atoms with Gasteiger partial charge in [0.2, 0.25) is 0 Å². The molecule has 1 N–H and O–H groups in total. The summed E-state index contributed by atoms with van der Waals surface area (Å²) in [6.45, 7) is 12.1. The Bertz CT molecular complexity index is 2220. The summed E-state index contributed by atoms with van der Waals surface area (Å²) < 4.78 is 2.40. The van der Waals surface area contributed by atoms with Gasteiger partial charge in [0.25, 0.3) is 0 Å². The third kappa shape index (κ3) is 5.85. The van der Waals surface area contributed by atoms with E-state index < -0.39 is 0 Å². The first-order valence-corrected chi connectivity index (χ1v) is 16.6. The number of rotatable bonds is 8. The molecule has 0 aliphatic rings. The van der Waals surface area contributed by atoms with Crippen molar-refractivity contribution >= 4 is 54.7 Å². The first-order valence-electron chi connectivity index (χ1n) is 16.6. The Hall–Kier alpha value is -4.05. The van der Waals surface area contributed by atoms with Crippen molar-refractivity contribution in [2.75, 3.05) is 0 Å². The fourth-order valence-corrected chi connectivity index (χ4v) is 6.52. The Balaban J connectivity index is 0.000000211. The molecule has 0 bridgehead atoms. The Kier molecular flexibility index (Phi) is 9.91. The van der Waals surface area contributed by atoms with Gasteiger partial charge < -0.3 is 14.5 Å². The summed E-state index contributed by atoms with van der Waals surface area (Å²) >= 11 is 0. The number of allylic oxidation sites excluding steroid dienone is 2. The van der Waals surface area contributed by atoms with E-state index in [1.54, 1.807) is 0 Å². The molecule has 0 unspecified atom stereocenters. The van der Waals surface area contributed by atoms with Gasteiger partial charge >= 0.3 is 0 Å². The van der Waals surface area contributed by atoms with Gasteiger partial charge in [-0.2, -0.15) is 0 Å². The molecular weight excluding hydrogens is 757 g/mol. The van der Waals surface area contributed by atoms with E-state index in [2.05, 4.69) is 89.3 Å². The second-order valence-electron chi connectivity index (χ2n) is 13.0. The maximum absolute atomic E-state index is 12.2. The Morgan fingerprint density at radius 2 is 1.40 bits per heavy atom. The predicted octanol–water partition coefficient (Wildman–Crippen LogP) is 11.5. The van der Waals surface area contributed by atoms with E-state index in [4.69, 9.17) is 4.98 Å². The maximum atomic E-state index is 12.2. The van der Waals surface area contributed by atoms with Crippen molar-refractivity contribution in [1.29, 1.82) is 0 Å². The van der Waals surface area contributed by atoms with Gasteiger partial charge in [0.05, 0.1) is 11.0 Å². The molecule has 0 saturated heterocycles. The summed E-state index contributed by atoms with van der Waals surface area (Å²) in [7, 11) is 0. The fourth-order valence-electron chi connectivity index (χ4n) is 6.52. The Labute approximate surface area is 291 Å². The fraction of sp³-hybridized carbons (Fsp3) is 0.286. The van der Waals surface area contributed by atoms with Crippen LogP contribution in [0.3, 0.4) is 0 Å². The van der Waals surface area contributed by atoms with Crippen molar-refractivity contribution in [2.24, 2.45) is 10.8 Å². The molecule has 1 radical (unpaired) electrons. The van der Waals surface area contributed by atoms with Crippen molar-refractivity contribution in [1.82, 2.24) is 9.38 Å². The zero-order chi connectivity index (χ0) is 32.6. The number of aromatic nitrogens is 2. The van der Waals surface area contributed by atoms with Crippen LogP contribution in [0, 0.1) is 16.9 Å². The van der Waals surface area contributed by atoms with Gasteiger partial charge in [0.15, 0.2) is 5.78 Å². The Morgan fingerprint density at radius 3 is 2.11 bits per heavy atom. The summed E-state index contributed by atoms with van der Waals surface area (Å²) in [4.78, 5) is 17.0. The number of hydrogen-bond acceptors (Lipinski definition) is 3. The van der Waals surface area contributed by atoms with E-state index in [-0.39, 0.29) is 42.5 Å². The molecule has 3 heterocycles. The van der Waals surface area contributed by atoms with E-state index >= 15 is 0 Å². The van der Waals surface area contributed by atoms with Crippen LogP contribution in [0.5, 0.6) is 0 Å². The van der Waals surface area contributed by atoms with E-state index in [9.17, 15) is 9.90 Å². The molecule has 0 aliphatic carbocycles. The zero-order valence-corrected chi connectivity index (χ0v) is 30.5. The molecule has 0 amide bonds. The zero-order valence-electron chi connectivity index (χ0n) is 28.1. The Morgan fingerprint density at radius 1 is 0.787 bits per heavy atom. The molecule has 5 heteroatoms. The predicted molar refractivity (Wildman–Crippen MR) is 194 cm³/mol. The summed E-state index contributed by atoms with van der Waals surface area (Å²) in [6.07, 6.45) is 6.72. The number of carbonyl (C=O) groups is 1. The minimum atomic E-state index is -0.337. The van der Waals surface area contributed by atoms with Gasteiger partial charge in [0.1, 0.15) is 5.76 Å². The molecule has 7 aromatic rings. The van der Waals surface area contributed by atoms with Crippen molar-refractivity contribution in [2.45, 2.75) is 67.2 Å². The second kappa shape index (κ2) is 13.6. The van der Waals surface area contributed by atoms with Crippen LogP contribution in [0.2, 0.25) is 0 Å². The normalized spacial score (nSPS) is 12.5. The molecule has 3 aromatic heterocycles. The number of aliphatic hydroxyl groups excluding tert-OH is 1. The van der Waals surface area contributed by atoms with Gasteiger partial charge in [-0.15, -0.1) is 23.8 Å². The van der Waals surface area contributed by atoms with Crippen LogP contribution in [0.4, 0.5) is 0 Å². The molecule has 7 rings (SSSR count). The molecule has 0 aliphatic heterocycles. The van der Waals surface area contributed by atoms with E-state index in [1.807, 2.05) is 53.8 Å². The topological polar surface area (TPSA) is 54.6 Å². The minimum absolute atomic E-state index is 0. The number of pyridine rings is 1. The van der Waals surface area contributed by atoms with E-state index in [1.165, 1.54) is 49.6 Å². The van der Waals surface area contributed by atoms with Crippen molar-refractivity contribution in [3.8, 4) is 11.3 Å². The average molecular weight is 800 g/mol. The number of ketones is 1. The number of nitrogens with zero attached hydrogens (tertiary/aromatic N) is 2. The van der Waals surface area contributed by atoms with Crippen molar-refractivity contribution < 1.29 is 30.0 Å². The van der Waals surface area contributed by atoms with Gasteiger partial charge in [-0.1, -0.05) is 114 Å². The van der Waals surface area contributed by atoms with Crippen LogP contribution in [0.15, 0.2) is 103 Å². The standard InChI is InChI=1S/C27H15N2.C15H28O2.Ir/c1-2-8-18-16-28-23(15-17(18)7-1)21-11-6-14-25-26(21)22-12-5-10-20-19-9-3-4-13-24(19)29(25)27(20)22;1-7-14(5,8-2)12(16)11-13(17)15(6,9-3)10-4;/h1-10,12-16H;11,16H,7-10H2,1-6H3;/q-1;;/b;12-11-;. The number of carbonyl (C=O) groups excluding carboxylic acids is 1. The molecule has 0 fully saturated rings. The van der Waals surface area contributed by atoms with Crippen LogP contribution in [-0.4, -0.2) is 20.3 Å². The quantitative estimate of drug-likeness (QED) is 0.0946. The molecule has 4 aromatic carbocycles. The van der Waals surface area contributed by atoms with Crippen LogP contribution in [-0.2, 0) is 24.9 Å². The van der Waals surface area contributed by atoms with Crippen LogP contribution < -0.4 is 0 Å². The number of hydrogen-bond donors (Lipinski definition) is 1. The number of benzene rings is 4.